The van der Waals surface area contributed by atoms with Gasteiger partial charge < -0.3 is 10.1 Å². The fourth-order valence-corrected chi connectivity index (χ4v) is 3.39. The number of amides is 1. The molecule has 0 unspecified atom stereocenters. The average Bonchev–Trinajstić information content (AvgIpc) is 2.56. The van der Waals surface area contributed by atoms with Crippen LogP contribution in [-0.4, -0.2) is 18.0 Å². The Morgan fingerprint density at radius 2 is 1.96 bits per heavy atom. The van der Waals surface area contributed by atoms with Crippen molar-refractivity contribution in [3.8, 4) is 0 Å². The van der Waals surface area contributed by atoms with Crippen LogP contribution in [0.2, 0.25) is 10.0 Å². The van der Waals surface area contributed by atoms with Crippen LogP contribution in [0.4, 0.5) is 5.69 Å². The number of hydrogen-bond acceptors (Lipinski definition) is 3. The molecular formula is C18H23Cl2NO3. The average molecular weight is 372 g/mol. The van der Waals surface area contributed by atoms with Gasteiger partial charge in [0.15, 0.2) is 6.10 Å². The molecule has 132 valence electrons. The van der Waals surface area contributed by atoms with Crippen molar-refractivity contribution in [2.45, 2.75) is 58.0 Å². The summed E-state index contributed by atoms with van der Waals surface area (Å²) < 4.78 is 5.22. The first-order chi connectivity index (χ1) is 11.5. The zero-order chi connectivity index (χ0) is 17.5. The highest BCUT2D eigenvalue weighted by Gasteiger charge is 2.20. The lowest BCUT2D eigenvalue weighted by Crippen LogP contribution is -2.30. The van der Waals surface area contributed by atoms with Gasteiger partial charge in [-0.15, -0.1) is 0 Å². The van der Waals surface area contributed by atoms with E-state index < -0.39 is 12.0 Å². The second-order valence-electron chi connectivity index (χ2n) is 6.29. The maximum atomic E-state index is 12.1. The van der Waals surface area contributed by atoms with Crippen LogP contribution < -0.4 is 5.32 Å². The van der Waals surface area contributed by atoms with Crippen LogP contribution in [0.1, 0.15) is 51.9 Å². The molecule has 0 aliphatic heterocycles. The quantitative estimate of drug-likeness (QED) is 0.696. The lowest BCUT2D eigenvalue weighted by atomic mass is 9.86. The molecule has 24 heavy (non-hydrogen) atoms. The lowest BCUT2D eigenvalue weighted by molar-refractivity contribution is -0.153. The highest BCUT2D eigenvalue weighted by molar-refractivity contribution is 6.36. The first-order valence-electron chi connectivity index (χ1n) is 8.41. The van der Waals surface area contributed by atoms with E-state index in [0.717, 1.165) is 6.42 Å². The van der Waals surface area contributed by atoms with E-state index in [-0.39, 0.29) is 5.97 Å². The summed E-state index contributed by atoms with van der Waals surface area (Å²) in [5.41, 5.74) is 0.441. The van der Waals surface area contributed by atoms with Gasteiger partial charge in [-0.3, -0.25) is 9.59 Å². The minimum Gasteiger partial charge on any atom is -0.453 e. The Hall–Kier alpha value is -1.26. The first-order valence-corrected chi connectivity index (χ1v) is 9.16. The fraction of sp³-hybridized carbons (Fsp3) is 0.556. The Kier molecular flexibility index (Phi) is 7.38. The molecule has 2 rings (SSSR count). The number of halogens is 2. The summed E-state index contributed by atoms with van der Waals surface area (Å²) in [5.74, 6) is -0.126. The van der Waals surface area contributed by atoms with Crippen molar-refractivity contribution in [3.63, 3.8) is 0 Å². The van der Waals surface area contributed by atoms with Crippen molar-refractivity contribution >= 4 is 40.8 Å². The third-order valence-corrected chi connectivity index (χ3v) is 4.90. The van der Waals surface area contributed by atoms with Gasteiger partial charge >= 0.3 is 5.97 Å². The molecule has 1 amide bonds. The van der Waals surface area contributed by atoms with Crippen molar-refractivity contribution in [2.24, 2.45) is 5.92 Å². The van der Waals surface area contributed by atoms with Gasteiger partial charge in [-0.2, -0.15) is 0 Å². The van der Waals surface area contributed by atoms with E-state index in [4.69, 9.17) is 27.9 Å². The molecule has 1 atom stereocenters. The summed E-state index contributed by atoms with van der Waals surface area (Å²) in [4.78, 5) is 24.0. The molecule has 0 saturated heterocycles. The van der Waals surface area contributed by atoms with Crippen LogP contribution in [0, 0.1) is 5.92 Å². The highest BCUT2D eigenvalue weighted by Crippen LogP contribution is 2.28. The van der Waals surface area contributed by atoms with Crippen LogP contribution >= 0.6 is 23.2 Å². The minimum atomic E-state index is -0.865. The van der Waals surface area contributed by atoms with Crippen LogP contribution in [-0.2, 0) is 14.3 Å². The molecular weight excluding hydrogens is 349 g/mol. The maximum Gasteiger partial charge on any atom is 0.306 e. The van der Waals surface area contributed by atoms with Gasteiger partial charge in [0, 0.05) is 11.4 Å². The maximum absolute atomic E-state index is 12.1. The monoisotopic (exact) mass is 371 g/mol. The molecule has 0 bridgehead atoms. The van der Waals surface area contributed by atoms with Gasteiger partial charge in [-0.1, -0.05) is 55.3 Å². The lowest BCUT2D eigenvalue weighted by Gasteiger charge is -2.21. The molecule has 6 heteroatoms. The topological polar surface area (TPSA) is 55.4 Å². The molecule has 1 aromatic carbocycles. The van der Waals surface area contributed by atoms with Crippen molar-refractivity contribution in [3.05, 3.63) is 28.2 Å². The van der Waals surface area contributed by atoms with Crippen LogP contribution in [0.15, 0.2) is 18.2 Å². The summed E-state index contributed by atoms with van der Waals surface area (Å²) in [6.45, 7) is 1.55. The molecule has 1 saturated carbocycles. The third kappa shape index (κ3) is 5.99. The SMILES string of the molecule is C[C@H](OC(=O)CCC1CCCCC1)C(=O)Nc1ccc(Cl)cc1Cl. The summed E-state index contributed by atoms with van der Waals surface area (Å²) in [7, 11) is 0. The Labute approximate surface area is 152 Å². The number of benzene rings is 1. The molecule has 1 N–H and O–H groups in total. The molecule has 1 aromatic rings. The third-order valence-electron chi connectivity index (χ3n) is 4.35. The van der Waals surface area contributed by atoms with Crippen LogP contribution in [0.5, 0.6) is 0 Å². The predicted octanol–water partition coefficient (Wildman–Crippen LogP) is 5.22. The van der Waals surface area contributed by atoms with E-state index in [1.807, 2.05) is 0 Å². The van der Waals surface area contributed by atoms with Crippen molar-refractivity contribution < 1.29 is 14.3 Å². The van der Waals surface area contributed by atoms with E-state index in [0.29, 0.717) is 28.1 Å². The van der Waals surface area contributed by atoms with Crippen LogP contribution in [0.25, 0.3) is 0 Å². The molecule has 0 aromatic heterocycles. The molecule has 4 nitrogen and oxygen atoms in total. The number of nitrogens with one attached hydrogen (secondary N) is 1. The number of anilines is 1. The van der Waals surface area contributed by atoms with Gasteiger partial charge in [0.25, 0.3) is 5.91 Å². The van der Waals surface area contributed by atoms with E-state index in [1.54, 1.807) is 25.1 Å². The minimum absolute atomic E-state index is 0.328. The zero-order valence-electron chi connectivity index (χ0n) is 13.8. The fourth-order valence-electron chi connectivity index (χ4n) is 2.93. The molecule has 0 heterocycles. The molecule has 1 fully saturated rings. The number of esters is 1. The molecule has 0 spiro atoms. The number of hydrogen-bond donors (Lipinski definition) is 1. The number of ether oxygens (including phenoxy) is 1. The van der Waals surface area contributed by atoms with Gasteiger partial charge in [-0.05, 0) is 37.5 Å². The summed E-state index contributed by atoms with van der Waals surface area (Å²) >= 11 is 11.8. The Balaban J connectivity index is 1.76. The normalized spacial score (nSPS) is 16.5. The Morgan fingerprint density at radius 1 is 1.25 bits per heavy atom. The second-order valence-corrected chi connectivity index (χ2v) is 7.13. The Morgan fingerprint density at radius 3 is 2.62 bits per heavy atom. The number of carbonyl (C=O) groups is 2. The van der Waals surface area contributed by atoms with Gasteiger partial charge in [-0.25, -0.2) is 0 Å². The zero-order valence-corrected chi connectivity index (χ0v) is 15.3. The van der Waals surface area contributed by atoms with E-state index in [9.17, 15) is 9.59 Å². The molecule has 1 aliphatic rings. The van der Waals surface area contributed by atoms with E-state index in [1.165, 1.54) is 32.1 Å². The van der Waals surface area contributed by atoms with Crippen molar-refractivity contribution in [1.29, 1.82) is 0 Å². The highest BCUT2D eigenvalue weighted by atomic mass is 35.5. The second kappa shape index (κ2) is 9.28. The molecule has 1 aliphatic carbocycles. The number of rotatable bonds is 6. The smallest absolute Gasteiger partial charge is 0.306 e. The van der Waals surface area contributed by atoms with Crippen LogP contribution in [0.3, 0.4) is 0 Å². The van der Waals surface area contributed by atoms with Crippen molar-refractivity contribution in [1.82, 2.24) is 0 Å². The van der Waals surface area contributed by atoms with E-state index >= 15 is 0 Å². The number of carbonyl (C=O) groups excluding carboxylic acids is 2. The van der Waals surface area contributed by atoms with Gasteiger partial charge in [0.05, 0.1) is 10.7 Å². The van der Waals surface area contributed by atoms with Crippen molar-refractivity contribution in [2.75, 3.05) is 5.32 Å². The van der Waals surface area contributed by atoms with Gasteiger partial charge in [0.2, 0.25) is 0 Å². The standard InChI is InChI=1S/C18H23Cl2NO3/c1-12(18(23)21-16-9-8-14(19)11-15(16)20)24-17(22)10-7-13-5-3-2-4-6-13/h8-9,11-13H,2-7,10H2,1H3,(H,21,23)/t12-/m0/s1. The summed E-state index contributed by atoms with van der Waals surface area (Å²) in [5, 5.41) is 3.47. The summed E-state index contributed by atoms with van der Waals surface area (Å²) in [6.07, 6.45) is 6.53. The summed E-state index contributed by atoms with van der Waals surface area (Å²) in [6, 6.07) is 4.78. The first kappa shape index (κ1) is 19.1. The molecule has 0 radical (unpaired) electrons. The largest absolute Gasteiger partial charge is 0.453 e. The predicted molar refractivity (Wildman–Crippen MR) is 96.5 cm³/mol. The van der Waals surface area contributed by atoms with E-state index in [2.05, 4.69) is 5.32 Å². The Bertz CT molecular complexity index is 586. The van der Waals surface area contributed by atoms with Gasteiger partial charge in [0.1, 0.15) is 0 Å².